The molecule has 192 valence electrons. The van der Waals surface area contributed by atoms with Gasteiger partial charge in [0, 0.05) is 7.05 Å². The fourth-order valence-corrected chi connectivity index (χ4v) is 4.27. The van der Waals surface area contributed by atoms with Crippen molar-refractivity contribution in [3.63, 3.8) is 0 Å². The Labute approximate surface area is 217 Å². The summed E-state index contributed by atoms with van der Waals surface area (Å²) in [5, 5.41) is 0. The average molecular weight is 502 g/mol. The summed E-state index contributed by atoms with van der Waals surface area (Å²) < 4.78 is 17.1. The van der Waals surface area contributed by atoms with Crippen LogP contribution in [-0.4, -0.2) is 35.6 Å². The molecule has 7 heteroatoms. The van der Waals surface area contributed by atoms with Crippen LogP contribution in [0.1, 0.15) is 71.5 Å². The first-order chi connectivity index (χ1) is 17.6. The lowest BCUT2D eigenvalue weighted by Gasteiger charge is -2.35. The molecular formula is C30H31NO6. The molecule has 0 spiro atoms. The van der Waals surface area contributed by atoms with Crippen molar-refractivity contribution < 1.29 is 28.6 Å². The highest BCUT2D eigenvalue weighted by molar-refractivity contribution is 5.93. The van der Waals surface area contributed by atoms with E-state index in [1.165, 1.54) is 0 Å². The smallest absolute Gasteiger partial charge is 0.410 e. The van der Waals surface area contributed by atoms with E-state index < -0.39 is 23.6 Å². The molecule has 1 aliphatic carbocycles. The van der Waals surface area contributed by atoms with Gasteiger partial charge in [-0.25, -0.2) is 14.4 Å². The minimum absolute atomic E-state index is 0.112. The molecule has 1 amide bonds. The first kappa shape index (κ1) is 25.9. The zero-order valence-corrected chi connectivity index (χ0v) is 21.5. The predicted molar refractivity (Wildman–Crippen MR) is 139 cm³/mol. The molecule has 0 heterocycles. The molecule has 1 atom stereocenters. The van der Waals surface area contributed by atoms with Gasteiger partial charge in [-0.1, -0.05) is 36.4 Å². The van der Waals surface area contributed by atoms with Crippen molar-refractivity contribution in [1.82, 2.24) is 4.90 Å². The maximum absolute atomic E-state index is 12.9. The molecule has 0 radical (unpaired) electrons. The summed E-state index contributed by atoms with van der Waals surface area (Å²) in [7, 11) is 1.70. The fraction of sp³-hybridized carbons (Fsp3) is 0.300. The minimum Gasteiger partial charge on any atom is -0.444 e. The molecule has 0 fully saturated rings. The summed E-state index contributed by atoms with van der Waals surface area (Å²) in [6, 6.07) is 20.4. The molecule has 1 aliphatic rings. The molecule has 0 bridgehead atoms. The Hall–Kier alpha value is -4.13. The lowest BCUT2D eigenvalue weighted by molar-refractivity contribution is 0.0204. The van der Waals surface area contributed by atoms with E-state index in [9.17, 15) is 14.4 Å². The highest BCUT2D eigenvalue weighted by Crippen LogP contribution is 2.41. The Morgan fingerprint density at radius 1 is 0.811 bits per heavy atom. The number of carbonyl (C=O) groups is 3. The summed E-state index contributed by atoms with van der Waals surface area (Å²) in [6.07, 6.45) is 1.85. The lowest BCUT2D eigenvalue weighted by atomic mass is 9.86. The molecule has 0 aromatic heterocycles. The molecule has 0 saturated carbocycles. The normalized spacial score (nSPS) is 14.8. The third-order valence-electron chi connectivity index (χ3n) is 6.06. The summed E-state index contributed by atoms with van der Waals surface area (Å²) in [5.74, 6) is -0.875. The van der Waals surface area contributed by atoms with Gasteiger partial charge in [0.15, 0.2) is 11.5 Å². The van der Waals surface area contributed by atoms with E-state index in [0.717, 1.165) is 30.4 Å². The van der Waals surface area contributed by atoms with Crippen LogP contribution in [0.2, 0.25) is 0 Å². The molecule has 3 aromatic carbocycles. The number of aryl methyl sites for hydroxylation is 1. The molecule has 1 unspecified atom stereocenters. The van der Waals surface area contributed by atoms with Crippen LogP contribution in [0.25, 0.3) is 0 Å². The Morgan fingerprint density at radius 3 is 1.84 bits per heavy atom. The monoisotopic (exact) mass is 501 g/mol. The van der Waals surface area contributed by atoms with Crippen molar-refractivity contribution in [1.29, 1.82) is 0 Å². The number of benzene rings is 3. The van der Waals surface area contributed by atoms with Crippen LogP contribution in [-0.2, 0) is 11.2 Å². The van der Waals surface area contributed by atoms with Gasteiger partial charge in [0.2, 0.25) is 0 Å². The van der Waals surface area contributed by atoms with E-state index in [2.05, 4.69) is 0 Å². The molecule has 37 heavy (non-hydrogen) atoms. The largest absolute Gasteiger partial charge is 0.444 e. The summed E-state index contributed by atoms with van der Waals surface area (Å²) in [6.45, 7) is 5.46. The Morgan fingerprint density at radius 2 is 1.32 bits per heavy atom. The number of carbonyl (C=O) groups excluding carboxylic acids is 3. The van der Waals surface area contributed by atoms with Crippen LogP contribution in [0.4, 0.5) is 4.79 Å². The van der Waals surface area contributed by atoms with Crippen LogP contribution >= 0.6 is 0 Å². The molecule has 0 aliphatic heterocycles. The van der Waals surface area contributed by atoms with Crippen LogP contribution in [0.3, 0.4) is 0 Å². The van der Waals surface area contributed by atoms with Crippen molar-refractivity contribution in [2.24, 2.45) is 0 Å². The third-order valence-corrected chi connectivity index (χ3v) is 6.06. The Kier molecular flexibility index (Phi) is 7.62. The van der Waals surface area contributed by atoms with E-state index >= 15 is 0 Å². The van der Waals surface area contributed by atoms with Crippen molar-refractivity contribution in [3.8, 4) is 11.5 Å². The van der Waals surface area contributed by atoms with E-state index in [1.54, 1.807) is 78.7 Å². The van der Waals surface area contributed by atoms with Gasteiger partial charge in [-0.15, -0.1) is 0 Å². The van der Waals surface area contributed by atoms with E-state index in [4.69, 9.17) is 14.2 Å². The zero-order chi connectivity index (χ0) is 26.6. The van der Waals surface area contributed by atoms with Crippen LogP contribution in [0.15, 0.2) is 72.8 Å². The van der Waals surface area contributed by atoms with Crippen molar-refractivity contribution >= 4 is 18.0 Å². The minimum atomic E-state index is -0.630. The molecule has 3 aromatic rings. The quantitative estimate of drug-likeness (QED) is 0.298. The maximum atomic E-state index is 12.9. The molecule has 0 saturated heterocycles. The highest BCUT2D eigenvalue weighted by atomic mass is 16.6. The van der Waals surface area contributed by atoms with Crippen molar-refractivity contribution in [2.75, 3.05) is 7.05 Å². The number of fused-ring (bicyclic) bond motifs is 1. The molecular weight excluding hydrogens is 470 g/mol. The second kappa shape index (κ2) is 10.9. The molecule has 7 nitrogen and oxygen atoms in total. The van der Waals surface area contributed by atoms with Crippen LogP contribution in [0, 0.1) is 0 Å². The molecule has 0 N–H and O–H groups in total. The lowest BCUT2D eigenvalue weighted by Crippen LogP contribution is -2.37. The number of hydrogen-bond donors (Lipinski definition) is 0. The van der Waals surface area contributed by atoms with Gasteiger partial charge in [-0.3, -0.25) is 0 Å². The van der Waals surface area contributed by atoms with Crippen LogP contribution < -0.4 is 9.47 Å². The van der Waals surface area contributed by atoms with Crippen molar-refractivity contribution in [2.45, 2.75) is 51.7 Å². The van der Waals surface area contributed by atoms with Gasteiger partial charge in [0.05, 0.1) is 17.2 Å². The van der Waals surface area contributed by atoms with Gasteiger partial charge in [-0.2, -0.15) is 0 Å². The highest BCUT2D eigenvalue weighted by Gasteiger charge is 2.32. The first-order valence-electron chi connectivity index (χ1n) is 12.3. The van der Waals surface area contributed by atoms with Gasteiger partial charge in [0.1, 0.15) is 5.60 Å². The van der Waals surface area contributed by atoms with Crippen LogP contribution in [0.5, 0.6) is 11.5 Å². The van der Waals surface area contributed by atoms with Gasteiger partial charge < -0.3 is 19.1 Å². The SMILES string of the molecule is CN(C(=O)OC(C)(C)C)C1CCCc2cc(OC(=O)c3ccccc3)c(OC(=O)c3ccccc3)cc21. The predicted octanol–water partition coefficient (Wildman–Crippen LogP) is 6.37. The summed E-state index contributed by atoms with van der Waals surface area (Å²) in [4.78, 5) is 40.2. The van der Waals surface area contributed by atoms with Gasteiger partial charge in [0.25, 0.3) is 0 Å². The Balaban J connectivity index is 1.70. The number of amides is 1. The van der Waals surface area contributed by atoms with E-state index in [0.29, 0.717) is 11.1 Å². The zero-order valence-electron chi connectivity index (χ0n) is 21.5. The second-order valence-corrected chi connectivity index (χ2v) is 10.0. The first-order valence-corrected chi connectivity index (χ1v) is 12.3. The number of rotatable bonds is 5. The Bertz CT molecular complexity index is 1280. The third kappa shape index (κ3) is 6.36. The molecule has 4 rings (SSSR count). The number of nitrogens with zero attached hydrogens (tertiary/aromatic N) is 1. The topological polar surface area (TPSA) is 82.1 Å². The second-order valence-electron chi connectivity index (χ2n) is 10.0. The van der Waals surface area contributed by atoms with E-state index in [1.807, 2.05) is 26.8 Å². The number of ether oxygens (including phenoxy) is 3. The number of esters is 2. The van der Waals surface area contributed by atoms with Gasteiger partial charge >= 0.3 is 18.0 Å². The van der Waals surface area contributed by atoms with E-state index in [-0.39, 0.29) is 17.5 Å². The summed E-state index contributed by atoms with van der Waals surface area (Å²) >= 11 is 0. The van der Waals surface area contributed by atoms with Crippen molar-refractivity contribution in [3.05, 3.63) is 95.1 Å². The standard InChI is InChI=1S/C30H31NO6/c1-30(2,3)37-29(34)31(4)24-17-11-16-22-18-25(35-27(32)20-12-7-5-8-13-20)26(19-23(22)24)36-28(33)21-14-9-6-10-15-21/h5-10,12-15,18-19,24H,11,16-17H2,1-4H3. The summed E-state index contributed by atoms with van der Waals surface area (Å²) in [5.41, 5.74) is 1.86. The van der Waals surface area contributed by atoms with Gasteiger partial charge in [-0.05, 0) is 87.6 Å². The number of hydrogen-bond acceptors (Lipinski definition) is 6. The average Bonchev–Trinajstić information content (AvgIpc) is 2.88. The maximum Gasteiger partial charge on any atom is 0.410 e. The fourth-order valence-electron chi connectivity index (χ4n) is 4.27.